The van der Waals surface area contributed by atoms with Crippen molar-refractivity contribution in [3.63, 3.8) is 0 Å². The summed E-state index contributed by atoms with van der Waals surface area (Å²) >= 11 is 12.0. The number of hydrogen-bond donors (Lipinski definition) is 1. The lowest BCUT2D eigenvalue weighted by atomic mass is 9.69. The summed E-state index contributed by atoms with van der Waals surface area (Å²) < 4.78 is 11.8. The van der Waals surface area contributed by atoms with Gasteiger partial charge in [0, 0.05) is 19.4 Å². The van der Waals surface area contributed by atoms with Gasteiger partial charge in [-0.15, -0.1) is 0 Å². The predicted molar refractivity (Wildman–Crippen MR) is 113 cm³/mol. The summed E-state index contributed by atoms with van der Waals surface area (Å²) in [4.78, 5) is 12.5. The van der Waals surface area contributed by atoms with Crippen LogP contribution in [0.15, 0.2) is 18.2 Å². The zero-order valence-corrected chi connectivity index (χ0v) is 18.2. The molecule has 6 heteroatoms. The predicted octanol–water partition coefficient (Wildman–Crippen LogP) is 5.54. The standard InChI is InChI=1S/C22H31Cl2NO3/c1-2-3-4-7-21(8-10-22(11-9-21)27-12-13-28-22)16-25-20(26)15-17-5-6-18(23)19(24)14-17/h5-6,14H,2-4,7-13,15-16H2,1H3,(H,25,26). The van der Waals surface area contributed by atoms with Crippen molar-refractivity contribution in [2.75, 3.05) is 19.8 Å². The SMILES string of the molecule is CCCCCC1(CNC(=O)Cc2ccc(Cl)c(Cl)c2)CCC2(CC1)OCCO2. The van der Waals surface area contributed by atoms with Crippen molar-refractivity contribution in [1.29, 1.82) is 0 Å². The maximum absolute atomic E-state index is 12.5. The van der Waals surface area contributed by atoms with Crippen LogP contribution in [-0.2, 0) is 20.7 Å². The van der Waals surface area contributed by atoms with Crippen LogP contribution in [0.5, 0.6) is 0 Å². The topological polar surface area (TPSA) is 47.6 Å². The van der Waals surface area contributed by atoms with Crippen LogP contribution in [0.1, 0.15) is 63.9 Å². The largest absolute Gasteiger partial charge is 0.355 e. The Labute approximate surface area is 178 Å². The molecule has 0 atom stereocenters. The zero-order valence-electron chi connectivity index (χ0n) is 16.7. The van der Waals surface area contributed by atoms with Crippen LogP contribution in [0.3, 0.4) is 0 Å². The van der Waals surface area contributed by atoms with Gasteiger partial charge in [0.15, 0.2) is 5.79 Å². The fourth-order valence-corrected chi connectivity index (χ4v) is 4.72. The number of ether oxygens (including phenoxy) is 2. The Hall–Kier alpha value is -0.810. The van der Waals surface area contributed by atoms with Crippen LogP contribution in [-0.4, -0.2) is 31.5 Å². The van der Waals surface area contributed by atoms with Gasteiger partial charge in [-0.2, -0.15) is 0 Å². The van der Waals surface area contributed by atoms with Crippen molar-refractivity contribution >= 4 is 29.1 Å². The van der Waals surface area contributed by atoms with Crippen LogP contribution in [0.4, 0.5) is 0 Å². The number of rotatable bonds is 8. The number of carbonyl (C=O) groups excluding carboxylic acids is 1. The van der Waals surface area contributed by atoms with Crippen molar-refractivity contribution in [3.8, 4) is 0 Å². The van der Waals surface area contributed by atoms with Crippen molar-refractivity contribution in [3.05, 3.63) is 33.8 Å². The molecule has 1 aromatic carbocycles. The highest BCUT2D eigenvalue weighted by molar-refractivity contribution is 6.42. The molecule has 1 aliphatic carbocycles. The first-order chi connectivity index (χ1) is 13.5. The summed E-state index contributed by atoms with van der Waals surface area (Å²) in [6.07, 6.45) is 9.00. The number of carbonyl (C=O) groups is 1. The van der Waals surface area contributed by atoms with Crippen LogP contribution < -0.4 is 5.32 Å². The lowest BCUT2D eigenvalue weighted by Crippen LogP contribution is -2.45. The monoisotopic (exact) mass is 427 g/mol. The molecule has 0 bridgehead atoms. The van der Waals surface area contributed by atoms with E-state index in [1.165, 1.54) is 19.3 Å². The van der Waals surface area contributed by atoms with Gasteiger partial charge < -0.3 is 14.8 Å². The van der Waals surface area contributed by atoms with E-state index >= 15 is 0 Å². The van der Waals surface area contributed by atoms with Crippen LogP contribution in [0, 0.1) is 5.41 Å². The van der Waals surface area contributed by atoms with Gasteiger partial charge >= 0.3 is 0 Å². The van der Waals surface area contributed by atoms with Gasteiger partial charge in [-0.3, -0.25) is 4.79 Å². The number of benzene rings is 1. The normalized spacial score (nSPS) is 20.4. The number of amides is 1. The Kier molecular flexibility index (Phi) is 7.66. The van der Waals surface area contributed by atoms with Crippen molar-refractivity contribution in [2.24, 2.45) is 5.41 Å². The van der Waals surface area contributed by atoms with Crippen LogP contribution in [0.25, 0.3) is 0 Å². The number of halogens is 2. The highest BCUT2D eigenvalue weighted by atomic mass is 35.5. The van der Waals surface area contributed by atoms with E-state index in [4.69, 9.17) is 32.7 Å². The molecule has 1 heterocycles. The third-order valence-corrected chi connectivity index (χ3v) is 6.94. The average molecular weight is 428 g/mol. The number of unbranched alkanes of at least 4 members (excludes halogenated alkanes) is 2. The van der Waals surface area contributed by atoms with Crippen molar-refractivity contribution < 1.29 is 14.3 Å². The molecular weight excluding hydrogens is 397 g/mol. The minimum atomic E-state index is -0.363. The molecule has 1 saturated carbocycles. The molecule has 1 spiro atoms. The number of hydrogen-bond acceptors (Lipinski definition) is 3. The molecule has 1 amide bonds. The van der Waals surface area contributed by atoms with Gasteiger partial charge in [0.05, 0.1) is 29.7 Å². The second-order valence-corrected chi connectivity index (χ2v) is 9.08. The quantitative estimate of drug-likeness (QED) is 0.554. The van der Waals surface area contributed by atoms with E-state index in [0.717, 1.165) is 37.7 Å². The Morgan fingerprint density at radius 3 is 2.43 bits per heavy atom. The molecule has 0 unspecified atom stereocenters. The van der Waals surface area contributed by atoms with Gasteiger partial charge in [-0.05, 0) is 42.4 Å². The van der Waals surface area contributed by atoms with Gasteiger partial charge in [0.2, 0.25) is 5.91 Å². The third-order valence-electron chi connectivity index (χ3n) is 6.21. The Morgan fingerprint density at radius 1 is 1.07 bits per heavy atom. The summed E-state index contributed by atoms with van der Waals surface area (Å²) in [5.74, 6) is -0.333. The van der Waals surface area contributed by atoms with E-state index in [-0.39, 0.29) is 17.1 Å². The minimum absolute atomic E-state index is 0.0295. The first kappa shape index (κ1) is 21.9. The second-order valence-electron chi connectivity index (χ2n) is 8.27. The van der Waals surface area contributed by atoms with Gasteiger partial charge in [0.25, 0.3) is 0 Å². The van der Waals surface area contributed by atoms with E-state index in [1.807, 2.05) is 6.07 Å². The smallest absolute Gasteiger partial charge is 0.224 e. The maximum Gasteiger partial charge on any atom is 0.224 e. The highest BCUT2D eigenvalue weighted by Gasteiger charge is 2.45. The van der Waals surface area contributed by atoms with Crippen molar-refractivity contribution in [1.82, 2.24) is 5.32 Å². The summed E-state index contributed by atoms with van der Waals surface area (Å²) in [6, 6.07) is 5.35. The molecule has 28 heavy (non-hydrogen) atoms. The molecule has 0 aromatic heterocycles. The highest BCUT2D eigenvalue weighted by Crippen LogP contribution is 2.47. The third kappa shape index (κ3) is 5.63. The van der Waals surface area contributed by atoms with E-state index in [1.54, 1.807) is 12.1 Å². The summed E-state index contributed by atoms with van der Waals surface area (Å²) in [5, 5.41) is 4.18. The van der Waals surface area contributed by atoms with Crippen LogP contribution in [0.2, 0.25) is 10.0 Å². The molecule has 2 fully saturated rings. The maximum atomic E-state index is 12.5. The first-order valence-electron chi connectivity index (χ1n) is 10.4. The molecule has 1 N–H and O–H groups in total. The van der Waals surface area contributed by atoms with E-state index in [2.05, 4.69) is 12.2 Å². The summed E-state index contributed by atoms with van der Waals surface area (Å²) in [7, 11) is 0. The molecule has 156 valence electrons. The fourth-order valence-electron chi connectivity index (χ4n) is 4.40. The Bertz CT molecular complexity index is 664. The first-order valence-corrected chi connectivity index (χ1v) is 11.2. The zero-order chi connectivity index (χ0) is 20.0. The lowest BCUT2D eigenvalue weighted by Gasteiger charge is -2.44. The van der Waals surface area contributed by atoms with E-state index < -0.39 is 0 Å². The molecule has 3 rings (SSSR count). The van der Waals surface area contributed by atoms with E-state index in [0.29, 0.717) is 36.2 Å². The molecule has 1 aliphatic heterocycles. The van der Waals surface area contributed by atoms with Gasteiger partial charge in [-0.25, -0.2) is 0 Å². The molecule has 4 nitrogen and oxygen atoms in total. The molecule has 1 saturated heterocycles. The molecule has 0 radical (unpaired) electrons. The lowest BCUT2D eigenvalue weighted by molar-refractivity contribution is -0.192. The second kappa shape index (κ2) is 9.80. The van der Waals surface area contributed by atoms with Gasteiger partial charge in [-0.1, -0.05) is 55.5 Å². The van der Waals surface area contributed by atoms with Crippen molar-refractivity contribution in [2.45, 2.75) is 70.5 Å². The Morgan fingerprint density at radius 2 is 1.79 bits per heavy atom. The van der Waals surface area contributed by atoms with Gasteiger partial charge in [0.1, 0.15) is 0 Å². The fraction of sp³-hybridized carbons (Fsp3) is 0.682. The minimum Gasteiger partial charge on any atom is -0.355 e. The average Bonchev–Trinajstić information content (AvgIpc) is 3.14. The molecule has 2 aliphatic rings. The molecule has 1 aromatic rings. The summed E-state index contributed by atoms with van der Waals surface area (Å²) in [5.41, 5.74) is 1.02. The van der Waals surface area contributed by atoms with E-state index in [9.17, 15) is 4.79 Å². The Balaban J connectivity index is 1.56. The van der Waals surface area contributed by atoms with Crippen LogP contribution >= 0.6 is 23.2 Å². The summed E-state index contributed by atoms with van der Waals surface area (Å²) in [6.45, 7) is 4.33. The number of nitrogens with one attached hydrogen (secondary N) is 1. The molecular formula is C22H31Cl2NO3.